The average molecular weight is 470 g/mol. The van der Waals surface area contributed by atoms with Crippen molar-refractivity contribution in [1.82, 2.24) is 14.9 Å². The number of fused-ring (bicyclic) bond motifs is 1. The molecule has 0 fully saturated rings. The van der Waals surface area contributed by atoms with Gasteiger partial charge in [0.1, 0.15) is 5.75 Å². The smallest absolute Gasteiger partial charge is 0.264 e. The molecular formula is C21H23N7O4S. The van der Waals surface area contributed by atoms with E-state index < -0.39 is 0 Å². The van der Waals surface area contributed by atoms with Crippen LogP contribution in [0.25, 0.3) is 0 Å². The first-order valence-electron chi connectivity index (χ1n) is 10.1. The zero-order valence-electron chi connectivity index (χ0n) is 18.1. The van der Waals surface area contributed by atoms with Gasteiger partial charge in [-0.2, -0.15) is 5.10 Å². The van der Waals surface area contributed by atoms with Crippen molar-refractivity contribution in [3.63, 3.8) is 0 Å². The number of carbonyl (C=O) groups is 1. The Hall–Kier alpha value is -3.93. The molecule has 0 unspecified atom stereocenters. The van der Waals surface area contributed by atoms with E-state index in [1.807, 2.05) is 32.0 Å². The number of hydrogen-bond acceptors (Lipinski definition) is 10. The van der Waals surface area contributed by atoms with Crippen molar-refractivity contribution < 1.29 is 19.0 Å². The molecule has 0 saturated heterocycles. The highest BCUT2D eigenvalue weighted by Gasteiger charge is 2.15. The van der Waals surface area contributed by atoms with Gasteiger partial charge in [0, 0.05) is 11.3 Å². The monoisotopic (exact) mass is 469 g/mol. The highest BCUT2D eigenvalue weighted by atomic mass is 32.2. The summed E-state index contributed by atoms with van der Waals surface area (Å²) in [4.78, 5) is 12.2. The predicted octanol–water partition coefficient (Wildman–Crippen LogP) is 2.69. The van der Waals surface area contributed by atoms with Gasteiger partial charge in [-0.1, -0.05) is 11.8 Å². The largest absolute Gasteiger partial charge is 0.494 e. The van der Waals surface area contributed by atoms with Crippen LogP contribution in [0.3, 0.4) is 0 Å². The number of nitrogens with zero attached hydrogens (tertiary/aromatic N) is 4. The molecule has 1 aliphatic rings. The van der Waals surface area contributed by atoms with Gasteiger partial charge in [0.2, 0.25) is 17.9 Å². The van der Waals surface area contributed by atoms with Gasteiger partial charge in [-0.3, -0.25) is 4.79 Å². The lowest BCUT2D eigenvalue weighted by molar-refractivity contribution is -0.113. The van der Waals surface area contributed by atoms with E-state index in [4.69, 9.17) is 20.1 Å². The molecule has 0 atom stereocenters. The first kappa shape index (κ1) is 22.3. The van der Waals surface area contributed by atoms with Gasteiger partial charge in [-0.15, -0.1) is 10.2 Å². The molecule has 12 heteroatoms. The Morgan fingerprint density at radius 2 is 2.00 bits per heavy atom. The second-order valence-electron chi connectivity index (χ2n) is 6.85. The van der Waals surface area contributed by atoms with E-state index in [9.17, 15) is 4.79 Å². The fraction of sp³-hybridized carbons (Fsp3) is 0.238. The summed E-state index contributed by atoms with van der Waals surface area (Å²) < 4.78 is 17.3. The number of nitrogens with two attached hydrogens (primary N) is 1. The number of aromatic nitrogens is 3. The van der Waals surface area contributed by atoms with Crippen molar-refractivity contribution in [3.8, 4) is 17.2 Å². The molecule has 4 N–H and O–H groups in total. The van der Waals surface area contributed by atoms with Crippen molar-refractivity contribution >= 4 is 35.0 Å². The van der Waals surface area contributed by atoms with Gasteiger partial charge in [0.05, 0.1) is 18.1 Å². The number of nitrogen functional groups attached to an aromatic ring is 1. The van der Waals surface area contributed by atoms with E-state index in [0.29, 0.717) is 34.7 Å². The Labute approximate surface area is 194 Å². The van der Waals surface area contributed by atoms with Crippen LogP contribution in [-0.4, -0.2) is 45.6 Å². The fourth-order valence-electron chi connectivity index (χ4n) is 2.90. The molecule has 1 amide bonds. The van der Waals surface area contributed by atoms with Gasteiger partial charge in [-0.25, -0.2) is 10.1 Å². The van der Waals surface area contributed by atoms with Crippen LogP contribution in [0.5, 0.6) is 17.2 Å². The third-order valence-electron chi connectivity index (χ3n) is 4.56. The fourth-order valence-corrected chi connectivity index (χ4v) is 3.56. The number of nitrogens with one attached hydrogen (secondary N) is 2. The maximum Gasteiger partial charge on any atom is 0.264 e. The number of hydrogen-bond donors (Lipinski definition) is 3. The van der Waals surface area contributed by atoms with Gasteiger partial charge in [0.15, 0.2) is 11.5 Å². The van der Waals surface area contributed by atoms with Crippen LogP contribution in [-0.2, 0) is 4.79 Å². The second kappa shape index (κ2) is 10.1. The van der Waals surface area contributed by atoms with Gasteiger partial charge >= 0.3 is 0 Å². The first-order valence-corrected chi connectivity index (χ1v) is 11.1. The van der Waals surface area contributed by atoms with E-state index in [0.717, 1.165) is 23.1 Å². The molecule has 2 heterocycles. The van der Waals surface area contributed by atoms with Crippen molar-refractivity contribution in [2.45, 2.75) is 19.0 Å². The van der Waals surface area contributed by atoms with E-state index >= 15 is 0 Å². The Kier molecular flexibility index (Phi) is 6.83. The second-order valence-corrected chi connectivity index (χ2v) is 7.79. The lowest BCUT2D eigenvalue weighted by atomic mass is 10.1. The molecule has 33 heavy (non-hydrogen) atoms. The number of anilines is 2. The molecule has 4 rings (SSSR count). The summed E-state index contributed by atoms with van der Waals surface area (Å²) in [6, 6.07) is 12.7. The number of amides is 1. The minimum Gasteiger partial charge on any atom is -0.494 e. The Bertz CT molecular complexity index is 1160. The minimum absolute atomic E-state index is 0.113. The van der Waals surface area contributed by atoms with E-state index in [-0.39, 0.29) is 24.4 Å². The summed E-state index contributed by atoms with van der Waals surface area (Å²) in [7, 11) is 0. The normalized spacial score (nSPS) is 12.5. The Balaban J connectivity index is 1.31. The summed E-state index contributed by atoms with van der Waals surface area (Å²) in [5.74, 6) is 8.32. The highest BCUT2D eigenvalue weighted by Crippen LogP contribution is 2.32. The predicted molar refractivity (Wildman–Crippen MR) is 126 cm³/mol. The maximum absolute atomic E-state index is 12.2. The van der Waals surface area contributed by atoms with Crippen molar-refractivity contribution in [1.29, 1.82) is 0 Å². The van der Waals surface area contributed by atoms with Crippen LogP contribution in [0.15, 0.2) is 52.7 Å². The lowest BCUT2D eigenvalue weighted by Crippen LogP contribution is -2.17. The minimum atomic E-state index is -0.196. The van der Waals surface area contributed by atoms with Crippen LogP contribution >= 0.6 is 11.8 Å². The van der Waals surface area contributed by atoms with Gasteiger partial charge in [-0.05, 0) is 56.3 Å². The summed E-state index contributed by atoms with van der Waals surface area (Å²) >= 11 is 1.16. The molecule has 0 aliphatic carbocycles. The molecule has 172 valence electrons. The molecule has 0 saturated carbocycles. The quantitative estimate of drug-likeness (QED) is 0.187. The molecule has 11 nitrogen and oxygen atoms in total. The Morgan fingerprint density at radius 1 is 1.21 bits per heavy atom. The summed E-state index contributed by atoms with van der Waals surface area (Å²) in [6.45, 7) is 4.55. The zero-order chi connectivity index (χ0) is 23.2. The van der Waals surface area contributed by atoms with Crippen LogP contribution in [0.2, 0.25) is 0 Å². The number of carbonyl (C=O) groups excluding carboxylic acids is 1. The molecule has 1 aliphatic heterocycles. The number of benzene rings is 2. The first-order chi connectivity index (χ1) is 16.0. The summed E-state index contributed by atoms with van der Waals surface area (Å²) in [5.41, 5.74) is 5.02. The molecule has 3 aromatic rings. The maximum atomic E-state index is 12.2. The molecule has 2 aromatic carbocycles. The van der Waals surface area contributed by atoms with Crippen LogP contribution in [0.4, 0.5) is 11.6 Å². The van der Waals surface area contributed by atoms with Crippen LogP contribution in [0, 0.1) is 0 Å². The molecule has 1 aromatic heterocycles. The van der Waals surface area contributed by atoms with Crippen LogP contribution in [0.1, 0.15) is 19.4 Å². The topological polar surface area (TPSA) is 138 Å². The number of hydrazone groups is 1. The summed E-state index contributed by atoms with van der Waals surface area (Å²) in [6.07, 6.45) is 0. The number of thioether (sulfide) groups is 1. The average Bonchev–Trinajstić information content (AvgIpc) is 3.43. The van der Waals surface area contributed by atoms with E-state index in [2.05, 4.69) is 26.0 Å². The molecule has 0 radical (unpaired) electrons. The van der Waals surface area contributed by atoms with Gasteiger partial charge in [0.25, 0.3) is 5.95 Å². The highest BCUT2D eigenvalue weighted by molar-refractivity contribution is 7.99. The molecule has 0 bridgehead atoms. The molecule has 0 spiro atoms. The van der Waals surface area contributed by atoms with Gasteiger partial charge < -0.3 is 25.4 Å². The summed E-state index contributed by atoms with van der Waals surface area (Å²) in [5, 5.41) is 15.5. The van der Waals surface area contributed by atoms with Crippen molar-refractivity contribution in [2.24, 2.45) is 5.10 Å². The van der Waals surface area contributed by atoms with Crippen molar-refractivity contribution in [3.05, 3.63) is 48.0 Å². The number of ether oxygens (including phenoxy) is 3. The third-order valence-corrected chi connectivity index (χ3v) is 5.50. The molecular weight excluding hydrogens is 446 g/mol. The van der Waals surface area contributed by atoms with Crippen molar-refractivity contribution in [2.75, 3.05) is 35.7 Å². The van der Waals surface area contributed by atoms with E-state index in [1.54, 1.807) is 24.3 Å². The zero-order valence-corrected chi connectivity index (χ0v) is 18.9. The standard InChI is InChI=1S/C21H23N7O4S/c1-3-30-16-7-5-15(6-8-16)23-19(29)11-33-21-27-26-20(28(21)22)25-24-13(2)14-4-9-17-18(10-14)32-12-31-17/h4-10H,3,11-12,22H2,1-2H3,(H,23,29)(H,25,26)/b24-13+. The Morgan fingerprint density at radius 3 is 2.79 bits per heavy atom. The van der Waals surface area contributed by atoms with E-state index in [1.165, 1.54) is 4.68 Å². The SMILES string of the molecule is CCOc1ccc(NC(=O)CSc2nnc(N/N=C(\C)c3ccc4c(c3)OCO4)n2N)cc1. The lowest BCUT2D eigenvalue weighted by Gasteiger charge is -2.07. The third kappa shape index (κ3) is 5.47. The number of rotatable bonds is 9. The van der Waals surface area contributed by atoms with Crippen LogP contribution < -0.4 is 30.8 Å².